The Morgan fingerprint density at radius 1 is 0.900 bits per heavy atom. The molecule has 0 aromatic heterocycles. The summed E-state index contributed by atoms with van der Waals surface area (Å²) in [6.45, 7) is 7.43. The first-order chi connectivity index (χ1) is 14.3. The summed E-state index contributed by atoms with van der Waals surface area (Å²) in [4.78, 5) is 0. The zero-order chi connectivity index (χ0) is 21.8. The SMILES string of the molecule is C=CC=C1CCC(c2cc(F)c(C(=C)CCc3cc(F)c(F)c(F)c3)c(F)c2)CC1. The standard InChI is InChI=1S/C25H23F5/c1-3-4-16-7-9-18(10-8-16)19-13-20(26)24(21(27)14-19)15(2)5-6-17-11-22(28)25(30)23(29)12-17/h3-4,11-14,18H,1-2,5-10H2. The lowest BCUT2D eigenvalue weighted by atomic mass is 9.81. The molecule has 2 aromatic rings. The molecule has 0 N–H and O–H groups in total. The Morgan fingerprint density at radius 2 is 1.47 bits per heavy atom. The summed E-state index contributed by atoms with van der Waals surface area (Å²) in [5, 5.41) is 0. The van der Waals surface area contributed by atoms with Gasteiger partial charge in [-0.15, -0.1) is 0 Å². The predicted octanol–water partition coefficient (Wildman–Crippen LogP) is 7.80. The topological polar surface area (TPSA) is 0 Å². The molecule has 1 saturated carbocycles. The first-order valence-corrected chi connectivity index (χ1v) is 9.91. The minimum Gasteiger partial charge on any atom is -0.206 e. The Labute approximate surface area is 173 Å². The molecule has 0 nitrogen and oxygen atoms in total. The minimum atomic E-state index is -1.54. The van der Waals surface area contributed by atoms with Crippen LogP contribution in [-0.4, -0.2) is 0 Å². The van der Waals surface area contributed by atoms with Crippen molar-refractivity contribution in [2.24, 2.45) is 0 Å². The van der Waals surface area contributed by atoms with Crippen molar-refractivity contribution >= 4 is 5.57 Å². The van der Waals surface area contributed by atoms with Crippen molar-refractivity contribution in [3.8, 4) is 0 Å². The average molecular weight is 418 g/mol. The van der Waals surface area contributed by atoms with Gasteiger partial charge in [0, 0.05) is 5.56 Å². The van der Waals surface area contributed by atoms with Crippen LogP contribution in [0.25, 0.3) is 5.57 Å². The number of halogens is 5. The Kier molecular flexibility index (Phi) is 6.91. The maximum Gasteiger partial charge on any atom is 0.194 e. The van der Waals surface area contributed by atoms with Crippen LogP contribution in [-0.2, 0) is 6.42 Å². The van der Waals surface area contributed by atoms with Gasteiger partial charge in [-0.2, -0.15) is 0 Å². The summed E-state index contributed by atoms with van der Waals surface area (Å²) in [5.41, 5.74) is 2.07. The molecule has 3 rings (SSSR count). The van der Waals surface area contributed by atoms with Crippen LogP contribution in [0.3, 0.4) is 0 Å². The number of hydrogen-bond acceptors (Lipinski definition) is 0. The highest BCUT2D eigenvalue weighted by molar-refractivity contribution is 5.65. The number of allylic oxidation sites excluding steroid dienone is 4. The molecule has 0 unspecified atom stereocenters. The fourth-order valence-electron chi connectivity index (χ4n) is 3.99. The molecule has 1 aliphatic carbocycles. The summed E-state index contributed by atoms with van der Waals surface area (Å²) in [6, 6.07) is 4.46. The van der Waals surface area contributed by atoms with Crippen molar-refractivity contribution in [3.63, 3.8) is 0 Å². The molecule has 1 fully saturated rings. The summed E-state index contributed by atoms with van der Waals surface area (Å²) in [7, 11) is 0. The van der Waals surface area contributed by atoms with Crippen molar-refractivity contribution < 1.29 is 22.0 Å². The first kappa shape index (κ1) is 22.0. The molecule has 0 aliphatic heterocycles. The number of benzene rings is 2. The highest BCUT2D eigenvalue weighted by Crippen LogP contribution is 2.37. The minimum absolute atomic E-state index is 0.0780. The van der Waals surface area contributed by atoms with E-state index in [4.69, 9.17) is 0 Å². The Balaban J connectivity index is 1.71. The van der Waals surface area contributed by atoms with Gasteiger partial charge in [-0.25, -0.2) is 22.0 Å². The zero-order valence-electron chi connectivity index (χ0n) is 16.6. The summed E-state index contributed by atoms with van der Waals surface area (Å²) < 4.78 is 69.2. The first-order valence-electron chi connectivity index (χ1n) is 9.91. The van der Waals surface area contributed by atoms with Gasteiger partial charge in [-0.3, -0.25) is 0 Å². The third kappa shape index (κ3) is 4.89. The van der Waals surface area contributed by atoms with E-state index in [1.165, 1.54) is 17.7 Å². The molecular formula is C25H23F5. The summed E-state index contributed by atoms with van der Waals surface area (Å²) >= 11 is 0. The second-order valence-corrected chi connectivity index (χ2v) is 7.67. The van der Waals surface area contributed by atoms with E-state index in [2.05, 4.69) is 13.2 Å². The van der Waals surface area contributed by atoms with Crippen LogP contribution in [0.2, 0.25) is 0 Å². The van der Waals surface area contributed by atoms with Crippen LogP contribution in [0.4, 0.5) is 22.0 Å². The predicted molar refractivity (Wildman–Crippen MR) is 110 cm³/mol. The monoisotopic (exact) mass is 418 g/mol. The average Bonchev–Trinajstić information content (AvgIpc) is 2.70. The Hall–Kier alpha value is -2.69. The third-order valence-electron chi connectivity index (χ3n) is 5.63. The maximum atomic E-state index is 14.7. The van der Waals surface area contributed by atoms with Gasteiger partial charge < -0.3 is 0 Å². The van der Waals surface area contributed by atoms with Gasteiger partial charge in [0.15, 0.2) is 17.5 Å². The molecule has 1 aliphatic rings. The van der Waals surface area contributed by atoms with E-state index in [1.807, 2.05) is 6.08 Å². The maximum absolute atomic E-state index is 14.7. The lowest BCUT2D eigenvalue weighted by molar-refractivity contribution is 0.445. The molecule has 30 heavy (non-hydrogen) atoms. The van der Waals surface area contributed by atoms with Crippen LogP contribution in [0.5, 0.6) is 0 Å². The molecular weight excluding hydrogens is 395 g/mol. The van der Waals surface area contributed by atoms with Gasteiger partial charge in [0.25, 0.3) is 0 Å². The molecule has 0 bridgehead atoms. The molecule has 0 amide bonds. The van der Waals surface area contributed by atoms with Gasteiger partial charge in [0.2, 0.25) is 0 Å². The molecule has 2 aromatic carbocycles. The van der Waals surface area contributed by atoms with Gasteiger partial charge >= 0.3 is 0 Å². The molecule has 0 heterocycles. The van der Waals surface area contributed by atoms with E-state index in [9.17, 15) is 22.0 Å². The second kappa shape index (κ2) is 9.41. The summed E-state index contributed by atoms with van der Waals surface area (Å²) in [5.74, 6) is -5.44. The molecule has 5 heteroatoms. The fraction of sp³-hybridized carbons (Fsp3) is 0.280. The quantitative estimate of drug-likeness (QED) is 0.332. The number of rotatable bonds is 6. The molecule has 158 valence electrons. The van der Waals surface area contributed by atoms with E-state index >= 15 is 0 Å². The van der Waals surface area contributed by atoms with Crippen molar-refractivity contribution in [2.75, 3.05) is 0 Å². The summed E-state index contributed by atoms with van der Waals surface area (Å²) in [6.07, 6.45) is 7.29. The van der Waals surface area contributed by atoms with Crippen molar-refractivity contribution in [1.82, 2.24) is 0 Å². The Morgan fingerprint density at radius 3 is 2.00 bits per heavy atom. The zero-order valence-corrected chi connectivity index (χ0v) is 16.6. The van der Waals surface area contributed by atoms with E-state index in [0.717, 1.165) is 37.8 Å². The highest BCUT2D eigenvalue weighted by Gasteiger charge is 2.22. The largest absolute Gasteiger partial charge is 0.206 e. The van der Waals surface area contributed by atoms with Crippen LogP contribution in [0.1, 0.15) is 54.7 Å². The van der Waals surface area contributed by atoms with Crippen molar-refractivity contribution in [3.05, 3.63) is 101 Å². The van der Waals surface area contributed by atoms with Crippen LogP contribution >= 0.6 is 0 Å². The van der Waals surface area contributed by atoms with E-state index in [1.54, 1.807) is 6.08 Å². The number of aryl methyl sites for hydroxylation is 1. The van der Waals surface area contributed by atoms with Crippen LogP contribution in [0.15, 0.2) is 55.1 Å². The highest BCUT2D eigenvalue weighted by atomic mass is 19.2. The van der Waals surface area contributed by atoms with Gasteiger partial charge in [0.1, 0.15) is 11.6 Å². The molecule has 0 atom stereocenters. The number of hydrogen-bond donors (Lipinski definition) is 0. The lowest BCUT2D eigenvalue weighted by Gasteiger charge is -2.25. The van der Waals surface area contributed by atoms with E-state index in [0.29, 0.717) is 5.56 Å². The molecule has 0 radical (unpaired) electrons. The second-order valence-electron chi connectivity index (χ2n) is 7.67. The van der Waals surface area contributed by atoms with Crippen molar-refractivity contribution in [2.45, 2.75) is 44.4 Å². The van der Waals surface area contributed by atoms with Gasteiger partial charge in [0.05, 0.1) is 0 Å². The smallest absolute Gasteiger partial charge is 0.194 e. The third-order valence-corrected chi connectivity index (χ3v) is 5.63. The van der Waals surface area contributed by atoms with E-state index in [-0.39, 0.29) is 35.5 Å². The van der Waals surface area contributed by atoms with Crippen molar-refractivity contribution in [1.29, 1.82) is 0 Å². The fourth-order valence-corrected chi connectivity index (χ4v) is 3.99. The molecule has 0 spiro atoms. The molecule has 0 saturated heterocycles. The van der Waals surface area contributed by atoms with Gasteiger partial charge in [-0.1, -0.05) is 30.9 Å². The lowest BCUT2D eigenvalue weighted by Crippen LogP contribution is -2.08. The van der Waals surface area contributed by atoms with Crippen LogP contribution in [0, 0.1) is 29.1 Å². The Bertz CT molecular complexity index is 947. The van der Waals surface area contributed by atoms with Crippen LogP contribution < -0.4 is 0 Å². The van der Waals surface area contributed by atoms with E-state index < -0.39 is 29.1 Å². The van der Waals surface area contributed by atoms with Gasteiger partial charge in [-0.05, 0) is 85.4 Å². The normalized spacial score (nSPS) is 16.4.